The van der Waals surface area contributed by atoms with Gasteiger partial charge >= 0.3 is 6.09 Å². The number of aromatic nitrogens is 2. The summed E-state index contributed by atoms with van der Waals surface area (Å²) in [6.45, 7) is 6.31. The summed E-state index contributed by atoms with van der Waals surface area (Å²) >= 11 is -2.29. The predicted octanol–water partition coefficient (Wildman–Crippen LogP) is 3.69. The molecule has 0 saturated carbocycles. The Hall–Kier alpha value is -2.79. The van der Waals surface area contributed by atoms with Crippen molar-refractivity contribution < 1.29 is 32.2 Å². The Kier molecular flexibility index (Phi) is 7.39. The SMILES string of the molecule is Cc1c(Oc2ccc(S(=O)O)cc2F)ncnc1OC1CCN(C(=O)OC(C)C)CC1. The third kappa shape index (κ3) is 5.88. The Balaban J connectivity index is 1.64. The normalized spacial score (nSPS) is 15.6. The molecular weight excluding hydrogens is 429 g/mol. The first-order valence-corrected chi connectivity index (χ1v) is 10.9. The number of carbonyl (C=O) groups excluding carboxylic acids is 1. The van der Waals surface area contributed by atoms with Gasteiger partial charge in [0.1, 0.15) is 12.4 Å². The molecule has 0 spiro atoms. The Bertz CT molecular complexity index is 966. The minimum Gasteiger partial charge on any atom is -0.474 e. The molecule has 1 aromatic heterocycles. The van der Waals surface area contributed by atoms with E-state index in [-0.39, 0.29) is 34.8 Å². The van der Waals surface area contributed by atoms with Crippen molar-refractivity contribution in [3.63, 3.8) is 0 Å². The van der Waals surface area contributed by atoms with Gasteiger partial charge in [-0.25, -0.2) is 23.4 Å². The van der Waals surface area contributed by atoms with Crippen LogP contribution in [-0.2, 0) is 15.8 Å². The number of halogens is 1. The van der Waals surface area contributed by atoms with Crippen LogP contribution in [0.1, 0.15) is 32.3 Å². The molecule has 168 valence electrons. The molecule has 1 aliphatic rings. The monoisotopic (exact) mass is 453 g/mol. The standard InChI is InChI=1S/C20H24FN3O6S/c1-12(2)28-20(25)24-8-6-14(7-9-24)29-18-13(3)19(23-11-22-18)30-17-5-4-15(31(26)27)10-16(17)21/h4-5,10-12,14H,6-9H2,1-3H3,(H,26,27). The molecule has 11 heteroatoms. The third-order valence-corrected chi connectivity index (χ3v) is 5.28. The topological polar surface area (TPSA) is 111 Å². The number of rotatable bonds is 6. The lowest BCUT2D eigenvalue weighted by Crippen LogP contribution is -2.42. The van der Waals surface area contributed by atoms with E-state index in [2.05, 4.69) is 9.97 Å². The van der Waals surface area contributed by atoms with Gasteiger partial charge in [-0.3, -0.25) is 0 Å². The van der Waals surface area contributed by atoms with Crippen LogP contribution >= 0.6 is 0 Å². The van der Waals surface area contributed by atoms with Gasteiger partial charge in [0.2, 0.25) is 11.8 Å². The molecule has 0 bridgehead atoms. The van der Waals surface area contributed by atoms with E-state index in [1.807, 2.05) is 0 Å². The van der Waals surface area contributed by atoms with Gasteiger partial charge in [-0.2, -0.15) is 0 Å². The van der Waals surface area contributed by atoms with Gasteiger partial charge in [0.05, 0.1) is 16.6 Å². The van der Waals surface area contributed by atoms with Crippen molar-refractivity contribution >= 4 is 17.2 Å². The van der Waals surface area contributed by atoms with E-state index in [0.29, 0.717) is 37.4 Å². The summed E-state index contributed by atoms with van der Waals surface area (Å²) in [6, 6.07) is 3.48. The van der Waals surface area contributed by atoms with Crippen LogP contribution < -0.4 is 9.47 Å². The van der Waals surface area contributed by atoms with Crippen molar-refractivity contribution in [2.45, 2.75) is 50.7 Å². The van der Waals surface area contributed by atoms with Crippen LogP contribution in [-0.4, -0.2) is 55.0 Å². The smallest absolute Gasteiger partial charge is 0.410 e. The minimum absolute atomic E-state index is 0.0723. The molecule has 1 atom stereocenters. The maximum absolute atomic E-state index is 14.2. The van der Waals surface area contributed by atoms with Gasteiger partial charge in [0.25, 0.3) is 0 Å². The molecule has 1 aliphatic heterocycles. The van der Waals surface area contributed by atoms with E-state index in [1.165, 1.54) is 18.5 Å². The average Bonchev–Trinajstić information content (AvgIpc) is 2.72. The highest BCUT2D eigenvalue weighted by molar-refractivity contribution is 7.79. The molecule has 3 rings (SSSR count). The molecule has 9 nitrogen and oxygen atoms in total. The van der Waals surface area contributed by atoms with E-state index in [1.54, 1.807) is 25.7 Å². The highest BCUT2D eigenvalue weighted by Crippen LogP contribution is 2.31. The van der Waals surface area contributed by atoms with Crippen molar-refractivity contribution in [2.75, 3.05) is 13.1 Å². The van der Waals surface area contributed by atoms with E-state index in [4.69, 9.17) is 18.8 Å². The number of piperidine rings is 1. The van der Waals surface area contributed by atoms with Crippen LogP contribution in [0.3, 0.4) is 0 Å². The van der Waals surface area contributed by atoms with Crippen LogP contribution in [0, 0.1) is 12.7 Å². The first kappa shape index (κ1) is 22.9. The largest absolute Gasteiger partial charge is 0.474 e. The first-order valence-electron chi connectivity index (χ1n) is 9.76. The molecule has 1 fully saturated rings. The number of ether oxygens (including phenoxy) is 3. The van der Waals surface area contributed by atoms with Gasteiger partial charge in [0, 0.05) is 25.9 Å². The second-order valence-electron chi connectivity index (χ2n) is 7.29. The zero-order chi connectivity index (χ0) is 22.5. The molecule has 0 radical (unpaired) electrons. The van der Waals surface area contributed by atoms with Crippen LogP contribution in [0.25, 0.3) is 0 Å². The quantitative estimate of drug-likeness (QED) is 0.660. The predicted molar refractivity (Wildman–Crippen MR) is 109 cm³/mol. The van der Waals surface area contributed by atoms with Crippen molar-refractivity contribution in [2.24, 2.45) is 0 Å². The van der Waals surface area contributed by atoms with E-state index in [0.717, 1.165) is 6.07 Å². The Morgan fingerprint density at radius 3 is 2.55 bits per heavy atom. The van der Waals surface area contributed by atoms with Gasteiger partial charge in [-0.15, -0.1) is 0 Å². The Morgan fingerprint density at radius 1 is 1.26 bits per heavy atom. The average molecular weight is 453 g/mol. The van der Waals surface area contributed by atoms with Crippen molar-refractivity contribution in [1.29, 1.82) is 0 Å². The Labute approximate surface area is 181 Å². The maximum atomic E-state index is 14.2. The van der Waals surface area contributed by atoms with E-state index >= 15 is 0 Å². The summed E-state index contributed by atoms with van der Waals surface area (Å²) in [5.74, 6) is -0.513. The fourth-order valence-corrected chi connectivity index (χ4v) is 3.40. The van der Waals surface area contributed by atoms with Gasteiger partial charge < -0.3 is 23.7 Å². The van der Waals surface area contributed by atoms with E-state index < -0.39 is 16.9 Å². The molecule has 1 amide bonds. The van der Waals surface area contributed by atoms with Crippen molar-refractivity contribution in [3.8, 4) is 17.5 Å². The Morgan fingerprint density at radius 2 is 1.94 bits per heavy atom. The van der Waals surface area contributed by atoms with Crippen LogP contribution in [0.5, 0.6) is 17.5 Å². The van der Waals surface area contributed by atoms with E-state index in [9.17, 15) is 13.4 Å². The van der Waals surface area contributed by atoms with Crippen molar-refractivity contribution in [3.05, 3.63) is 35.9 Å². The molecule has 1 aromatic carbocycles. The molecule has 1 unspecified atom stereocenters. The summed E-state index contributed by atoms with van der Waals surface area (Å²) < 4.78 is 51.0. The maximum Gasteiger partial charge on any atom is 0.410 e. The second-order valence-corrected chi connectivity index (χ2v) is 8.26. The number of likely N-dealkylation sites (tertiary alicyclic amines) is 1. The number of hydrogen-bond donors (Lipinski definition) is 1. The lowest BCUT2D eigenvalue weighted by molar-refractivity contribution is 0.0505. The molecule has 2 heterocycles. The van der Waals surface area contributed by atoms with Crippen molar-refractivity contribution in [1.82, 2.24) is 14.9 Å². The minimum atomic E-state index is -2.29. The summed E-state index contributed by atoms with van der Waals surface area (Å²) in [5.41, 5.74) is 0.485. The van der Waals surface area contributed by atoms with Gasteiger partial charge in [-0.1, -0.05) is 0 Å². The lowest BCUT2D eigenvalue weighted by atomic mass is 10.1. The summed E-state index contributed by atoms with van der Waals surface area (Å²) in [7, 11) is 0. The fraction of sp³-hybridized carbons (Fsp3) is 0.450. The molecule has 1 N–H and O–H groups in total. The van der Waals surface area contributed by atoms with Crippen LogP contribution in [0.4, 0.5) is 9.18 Å². The number of nitrogens with zero attached hydrogens (tertiary/aromatic N) is 3. The number of carbonyl (C=O) groups is 1. The molecule has 31 heavy (non-hydrogen) atoms. The summed E-state index contributed by atoms with van der Waals surface area (Å²) in [5, 5.41) is 0. The second kappa shape index (κ2) is 10.0. The van der Waals surface area contributed by atoms with Gasteiger partial charge in [0.15, 0.2) is 22.6 Å². The summed E-state index contributed by atoms with van der Waals surface area (Å²) in [6.07, 6.45) is 1.82. The molecular formula is C20H24FN3O6S. The number of benzene rings is 1. The summed E-state index contributed by atoms with van der Waals surface area (Å²) in [4.78, 5) is 21.7. The number of amides is 1. The zero-order valence-electron chi connectivity index (χ0n) is 17.4. The lowest BCUT2D eigenvalue weighted by Gasteiger charge is -2.31. The molecule has 2 aromatic rings. The zero-order valence-corrected chi connectivity index (χ0v) is 18.2. The first-order chi connectivity index (χ1) is 14.7. The third-order valence-electron chi connectivity index (χ3n) is 4.62. The molecule has 1 saturated heterocycles. The molecule has 0 aliphatic carbocycles. The fourth-order valence-electron chi connectivity index (χ4n) is 3.01. The van der Waals surface area contributed by atoms with Crippen LogP contribution in [0.15, 0.2) is 29.4 Å². The highest BCUT2D eigenvalue weighted by atomic mass is 32.2. The highest BCUT2D eigenvalue weighted by Gasteiger charge is 2.26. The van der Waals surface area contributed by atoms with Gasteiger partial charge in [-0.05, 0) is 39.0 Å². The van der Waals surface area contributed by atoms with Crippen LogP contribution in [0.2, 0.25) is 0 Å². The number of hydrogen-bond acceptors (Lipinski definition) is 7.